The number of hydrogen-bond acceptors (Lipinski definition) is 7. The Morgan fingerprint density at radius 2 is 1.73 bits per heavy atom. The van der Waals surface area contributed by atoms with Crippen molar-refractivity contribution in [1.82, 2.24) is 4.90 Å². The summed E-state index contributed by atoms with van der Waals surface area (Å²) in [6, 6.07) is 19.5. The van der Waals surface area contributed by atoms with Gasteiger partial charge in [0, 0.05) is 25.8 Å². The van der Waals surface area contributed by atoms with E-state index in [2.05, 4.69) is 0 Å². The van der Waals surface area contributed by atoms with Crippen LogP contribution in [-0.4, -0.2) is 55.7 Å². The molecule has 1 amide bonds. The summed E-state index contributed by atoms with van der Waals surface area (Å²) >= 11 is 0. The van der Waals surface area contributed by atoms with Crippen LogP contribution in [0.25, 0.3) is 5.76 Å². The Hall–Kier alpha value is -4.30. The second-order valence-corrected chi connectivity index (χ2v) is 9.43. The molecule has 1 unspecified atom stereocenters. The van der Waals surface area contributed by atoms with Crippen molar-refractivity contribution in [2.45, 2.75) is 32.9 Å². The molecule has 1 aliphatic heterocycles. The quantitative estimate of drug-likeness (QED) is 0.140. The van der Waals surface area contributed by atoms with Crippen LogP contribution in [0.15, 0.2) is 72.3 Å². The van der Waals surface area contributed by atoms with Gasteiger partial charge in [-0.3, -0.25) is 9.59 Å². The molecule has 1 atom stereocenters. The van der Waals surface area contributed by atoms with Crippen LogP contribution in [0.1, 0.15) is 41.6 Å². The smallest absolute Gasteiger partial charge is 0.295 e. The number of ether oxygens (including phenoxy) is 4. The first-order chi connectivity index (χ1) is 19.4. The summed E-state index contributed by atoms with van der Waals surface area (Å²) in [6.07, 6.45) is 0.528. The van der Waals surface area contributed by atoms with Gasteiger partial charge in [-0.05, 0) is 67.3 Å². The number of aliphatic hydroxyl groups is 1. The van der Waals surface area contributed by atoms with E-state index in [-0.39, 0.29) is 17.9 Å². The van der Waals surface area contributed by atoms with E-state index in [1.807, 2.05) is 50.2 Å². The third-order valence-corrected chi connectivity index (χ3v) is 6.79. The highest BCUT2D eigenvalue weighted by atomic mass is 16.5. The lowest BCUT2D eigenvalue weighted by Crippen LogP contribution is -2.31. The van der Waals surface area contributed by atoms with Crippen LogP contribution in [0.5, 0.6) is 17.2 Å². The van der Waals surface area contributed by atoms with Gasteiger partial charge in [0.1, 0.15) is 18.1 Å². The number of carbonyl (C=O) groups excluding carboxylic acids is 2. The molecule has 210 valence electrons. The molecule has 0 bridgehead atoms. The third-order valence-electron chi connectivity index (χ3n) is 6.79. The molecule has 0 saturated carbocycles. The zero-order valence-corrected chi connectivity index (χ0v) is 23.3. The number of aryl methyl sites for hydroxylation is 1. The fourth-order valence-corrected chi connectivity index (χ4v) is 4.84. The summed E-state index contributed by atoms with van der Waals surface area (Å²) in [5.41, 5.74) is 2.83. The SMILES string of the molecule is CCOc1ccc(C2C(=C(O)c3ccc(OCc4ccccc4)cc3C)C(=O)C(=O)N2CCCOC)cc1OC. The molecule has 8 nitrogen and oxygen atoms in total. The van der Waals surface area contributed by atoms with Crippen LogP contribution in [0.2, 0.25) is 0 Å². The molecule has 1 aliphatic rings. The van der Waals surface area contributed by atoms with E-state index >= 15 is 0 Å². The van der Waals surface area contributed by atoms with Crippen LogP contribution >= 0.6 is 0 Å². The van der Waals surface area contributed by atoms with Gasteiger partial charge in [-0.2, -0.15) is 0 Å². The van der Waals surface area contributed by atoms with E-state index in [0.717, 1.165) is 5.56 Å². The number of rotatable bonds is 12. The molecular formula is C32H35NO7. The first kappa shape index (κ1) is 28.7. The molecule has 8 heteroatoms. The lowest BCUT2D eigenvalue weighted by atomic mass is 9.93. The average Bonchev–Trinajstić information content (AvgIpc) is 3.22. The molecule has 1 saturated heterocycles. The summed E-state index contributed by atoms with van der Waals surface area (Å²) in [5.74, 6) is 0.000708. The Bertz CT molecular complexity index is 1380. The van der Waals surface area contributed by atoms with E-state index < -0.39 is 17.7 Å². The van der Waals surface area contributed by atoms with Crippen molar-refractivity contribution in [2.75, 3.05) is 34.0 Å². The van der Waals surface area contributed by atoms with Gasteiger partial charge in [0.15, 0.2) is 11.5 Å². The molecule has 40 heavy (non-hydrogen) atoms. The number of nitrogens with zero attached hydrogens (tertiary/aromatic N) is 1. The lowest BCUT2D eigenvalue weighted by Gasteiger charge is -2.26. The Kier molecular flexibility index (Phi) is 9.45. The Balaban J connectivity index is 1.73. The zero-order valence-electron chi connectivity index (χ0n) is 23.3. The van der Waals surface area contributed by atoms with Gasteiger partial charge in [-0.1, -0.05) is 36.4 Å². The molecular weight excluding hydrogens is 510 g/mol. The number of hydrogen-bond donors (Lipinski definition) is 1. The van der Waals surface area contributed by atoms with Gasteiger partial charge in [0.25, 0.3) is 11.7 Å². The average molecular weight is 546 g/mol. The predicted octanol–water partition coefficient (Wildman–Crippen LogP) is 5.44. The van der Waals surface area contributed by atoms with Crippen LogP contribution in [-0.2, 0) is 20.9 Å². The fraction of sp³-hybridized carbons (Fsp3) is 0.312. The lowest BCUT2D eigenvalue weighted by molar-refractivity contribution is -0.140. The van der Waals surface area contributed by atoms with Crippen molar-refractivity contribution in [3.63, 3.8) is 0 Å². The van der Waals surface area contributed by atoms with Gasteiger partial charge >= 0.3 is 0 Å². The summed E-state index contributed by atoms with van der Waals surface area (Å²) in [5, 5.41) is 11.5. The number of methoxy groups -OCH3 is 2. The first-order valence-electron chi connectivity index (χ1n) is 13.2. The number of Topliss-reactive ketones (excluding diaryl/α,β-unsaturated/α-hetero) is 1. The van der Waals surface area contributed by atoms with Crippen LogP contribution < -0.4 is 14.2 Å². The molecule has 3 aromatic carbocycles. The molecule has 1 fully saturated rings. The van der Waals surface area contributed by atoms with Crippen molar-refractivity contribution in [1.29, 1.82) is 0 Å². The molecule has 1 heterocycles. The van der Waals surface area contributed by atoms with E-state index in [0.29, 0.717) is 60.2 Å². The Morgan fingerprint density at radius 3 is 2.40 bits per heavy atom. The van der Waals surface area contributed by atoms with E-state index in [1.165, 1.54) is 12.0 Å². The highest BCUT2D eigenvalue weighted by Crippen LogP contribution is 2.42. The van der Waals surface area contributed by atoms with Gasteiger partial charge in [-0.15, -0.1) is 0 Å². The van der Waals surface area contributed by atoms with E-state index in [4.69, 9.17) is 18.9 Å². The van der Waals surface area contributed by atoms with Crippen molar-refractivity contribution in [3.05, 3.63) is 94.6 Å². The first-order valence-corrected chi connectivity index (χ1v) is 13.2. The Morgan fingerprint density at radius 1 is 0.950 bits per heavy atom. The standard InChI is InChI=1S/C32H35NO7/c1-5-39-26-15-12-23(19-27(26)38-4)29-28(31(35)32(36)33(29)16-9-17-37-3)30(34)25-14-13-24(18-21(25)2)40-20-22-10-7-6-8-11-22/h6-8,10-15,18-19,29,34H,5,9,16-17,20H2,1-4H3. The van der Waals surface area contributed by atoms with Gasteiger partial charge in [0.05, 0.1) is 25.3 Å². The largest absolute Gasteiger partial charge is 0.507 e. The maximum absolute atomic E-state index is 13.4. The molecule has 0 radical (unpaired) electrons. The fourth-order valence-electron chi connectivity index (χ4n) is 4.84. The highest BCUT2D eigenvalue weighted by Gasteiger charge is 2.46. The van der Waals surface area contributed by atoms with Crippen LogP contribution in [0.4, 0.5) is 0 Å². The topological polar surface area (TPSA) is 94.5 Å². The third kappa shape index (κ3) is 6.13. The predicted molar refractivity (Wildman–Crippen MR) is 152 cm³/mol. The minimum atomic E-state index is -0.810. The van der Waals surface area contributed by atoms with E-state index in [1.54, 1.807) is 37.4 Å². The van der Waals surface area contributed by atoms with Crippen LogP contribution in [0, 0.1) is 6.92 Å². The molecule has 1 N–H and O–H groups in total. The van der Waals surface area contributed by atoms with Crippen molar-refractivity contribution in [3.8, 4) is 17.2 Å². The molecule has 0 spiro atoms. The molecule has 4 rings (SSSR count). The monoisotopic (exact) mass is 545 g/mol. The highest BCUT2D eigenvalue weighted by molar-refractivity contribution is 6.46. The number of carbonyl (C=O) groups is 2. The maximum atomic E-state index is 13.4. The number of likely N-dealkylation sites (tertiary alicyclic amines) is 1. The normalized spacial score (nSPS) is 16.3. The number of ketones is 1. The van der Waals surface area contributed by atoms with Gasteiger partial charge in [-0.25, -0.2) is 0 Å². The second-order valence-electron chi connectivity index (χ2n) is 9.43. The van der Waals surface area contributed by atoms with Crippen LogP contribution in [0.3, 0.4) is 0 Å². The van der Waals surface area contributed by atoms with E-state index in [9.17, 15) is 14.7 Å². The summed E-state index contributed by atoms with van der Waals surface area (Å²) < 4.78 is 22.3. The maximum Gasteiger partial charge on any atom is 0.295 e. The Labute approximate surface area is 234 Å². The molecule has 0 aromatic heterocycles. The minimum absolute atomic E-state index is 0.0229. The van der Waals surface area contributed by atoms with Crippen molar-refractivity contribution >= 4 is 17.4 Å². The summed E-state index contributed by atoms with van der Waals surface area (Å²) in [7, 11) is 3.11. The summed E-state index contributed by atoms with van der Waals surface area (Å²) in [6.45, 7) is 5.26. The van der Waals surface area contributed by atoms with Gasteiger partial charge < -0.3 is 29.0 Å². The number of benzene rings is 3. The molecule has 0 aliphatic carbocycles. The number of aliphatic hydroxyl groups excluding tert-OH is 1. The summed E-state index contributed by atoms with van der Waals surface area (Å²) in [4.78, 5) is 28.1. The number of amides is 1. The van der Waals surface area contributed by atoms with Crippen molar-refractivity contribution in [2.24, 2.45) is 0 Å². The van der Waals surface area contributed by atoms with Gasteiger partial charge in [0.2, 0.25) is 0 Å². The molecule has 3 aromatic rings. The zero-order chi connectivity index (χ0) is 28.6. The van der Waals surface area contributed by atoms with Crippen molar-refractivity contribution < 1.29 is 33.6 Å². The minimum Gasteiger partial charge on any atom is -0.507 e. The second kappa shape index (κ2) is 13.2.